The number of halogens is 1. The standard InChI is InChI=1S/C18H17ClN4O2S/c19-13-6-7-15-14(10-13)21-18(26-9-8-16(24)22-17(20)25)23(15)11-12-4-2-1-3-5-12/h1-7,10H,8-9,11H2,(H3,20,22,24,25). The van der Waals surface area contributed by atoms with Crippen molar-refractivity contribution in [2.24, 2.45) is 5.73 Å². The number of carbonyl (C=O) groups is 2. The monoisotopic (exact) mass is 388 g/mol. The molecule has 134 valence electrons. The third kappa shape index (κ3) is 4.56. The zero-order chi connectivity index (χ0) is 18.5. The van der Waals surface area contributed by atoms with Crippen LogP contribution in [0.5, 0.6) is 0 Å². The number of thioether (sulfide) groups is 1. The van der Waals surface area contributed by atoms with E-state index in [0.717, 1.165) is 21.8 Å². The number of hydrogen-bond donors (Lipinski definition) is 2. The van der Waals surface area contributed by atoms with Crippen LogP contribution in [0.3, 0.4) is 0 Å². The van der Waals surface area contributed by atoms with Crippen molar-refractivity contribution < 1.29 is 9.59 Å². The maximum absolute atomic E-state index is 11.6. The Hall–Kier alpha value is -2.51. The number of fused-ring (bicyclic) bond motifs is 1. The van der Waals surface area contributed by atoms with Gasteiger partial charge in [-0.3, -0.25) is 10.1 Å². The summed E-state index contributed by atoms with van der Waals surface area (Å²) in [4.78, 5) is 26.9. The van der Waals surface area contributed by atoms with Crippen molar-refractivity contribution in [3.8, 4) is 0 Å². The molecule has 0 bridgehead atoms. The Morgan fingerprint density at radius 2 is 1.96 bits per heavy atom. The van der Waals surface area contributed by atoms with Crippen LogP contribution in [0.15, 0.2) is 53.7 Å². The fraction of sp³-hybridized carbons (Fsp3) is 0.167. The number of nitrogens with zero attached hydrogens (tertiary/aromatic N) is 2. The van der Waals surface area contributed by atoms with Gasteiger partial charge in [0.15, 0.2) is 5.16 Å². The Balaban J connectivity index is 1.82. The minimum Gasteiger partial charge on any atom is -0.351 e. The number of benzene rings is 2. The van der Waals surface area contributed by atoms with Crippen LogP contribution < -0.4 is 11.1 Å². The summed E-state index contributed by atoms with van der Waals surface area (Å²) in [7, 11) is 0. The number of nitrogens with two attached hydrogens (primary N) is 1. The first-order valence-corrected chi connectivity index (χ1v) is 9.31. The first-order chi connectivity index (χ1) is 12.5. The van der Waals surface area contributed by atoms with Crippen LogP contribution in [0.25, 0.3) is 11.0 Å². The average molecular weight is 389 g/mol. The van der Waals surface area contributed by atoms with E-state index in [2.05, 4.69) is 27.0 Å². The molecule has 3 N–H and O–H groups in total. The van der Waals surface area contributed by atoms with Gasteiger partial charge in [0.05, 0.1) is 17.6 Å². The zero-order valence-corrected chi connectivity index (χ0v) is 15.4. The number of hydrogen-bond acceptors (Lipinski definition) is 4. The van der Waals surface area contributed by atoms with E-state index in [1.165, 1.54) is 11.8 Å². The predicted molar refractivity (Wildman–Crippen MR) is 103 cm³/mol. The van der Waals surface area contributed by atoms with Crippen molar-refractivity contribution in [3.05, 3.63) is 59.1 Å². The topological polar surface area (TPSA) is 90.0 Å². The van der Waals surface area contributed by atoms with Crippen molar-refractivity contribution in [1.82, 2.24) is 14.9 Å². The normalized spacial score (nSPS) is 10.8. The van der Waals surface area contributed by atoms with Crippen molar-refractivity contribution in [3.63, 3.8) is 0 Å². The van der Waals surface area contributed by atoms with Gasteiger partial charge in [-0.15, -0.1) is 0 Å². The van der Waals surface area contributed by atoms with Gasteiger partial charge in [-0.2, -0.15) is 0 Å². The van der Waals surface area contributed by atoms with Gasteiger partial charge in [-0.25, -0.2) is 9.78 Å². The number of rotatable bonds is 6. The summed E-state index contributed by atoms with van der Waals surface area (Å²) in [6, 6.07) is 14.8. The summed E-state index contributed by atoms with van der Waals surface area (Å²) in [6.07, 6.45) is 0.170. The van der Waals surface area contributed by atoms with Crippen molar-refractivity contribution >= 4 is 46.3 Å². The molecule has 26 heavy (non-hydrogen) atoms. The van der Waals surface area contributed by atoms with Crippen molar-refractivity contribution in [2.45, 2.75) is 18.1 Å². The van der Waals surface area contributed by atoms with Gasteiger partial charge in [-0.05, 0) is 23.8 Å². The summed E-state index contributed by atoms with van der Waals surface area (Å²) in [5.41, 5.74) is 7.87. The predicted octanol–water partition coefficient (Wildman–Crippen LogP) is 3.42. The highest BCUT2D eigenvalue weighted by Gasteiger charge is 2.13. The van der Waals surface area contributed by atoms with E-state index < -0.39 is 11.9 Å². The Morgan fingerprint density at radius 1 is 1.19 bits per heavy atom. The number of carbonyl (C=O) groups excluding carboxylic acids is 2. The van der Waals surface area contributed by atoms with Crippen LogP contribution in [0, 0.1) is 0 Å². The number of urea groups is 1. The van der Waals surface area contributed by atoms with E-state index in [1.54, 1.807) is 0 Å². The maximum atomic E-state index is 11.6. The fourth-order valence-corrected chi connectivity index (χ4v) is 3.66. The van der Waals surface area contributed by atoms with E-state index in [-0.39, 0.29) is 6.42 Å². The molecule has 0 radical (unpaired) electrons. The van der Waals surface area contributed by atoms with Crippen LogP contribution in [-0.2, 0) is 11.3 Å². The Bertz CT molecular complexity index is 943. The lowest BCUT2D eigenvalue weighted by molar-refractivity contribution is -0.119. The molecule has 3 aromatic rings. The molecule has 3 rings (SSSR count). The minimum atomic E-state index is -0.842. The van der Waals surface area contributed by atoms with Crippen LogP contribution >= 0.6 is 23.4 Å². The molecule has 1 aromatic heterocycles. The molecule has 3 amide bonds. The Labute approximate surface area is 159 Å². The van der Waals surface area contributed by atoms with E-state index in [1.807, 2.05) is 36.4 Å². The Kier molecular flexibility index (Phi) is 5.80. The molecule has 0 fully saturated rings. The fourth-order valence-electron chi connectivity index (χ4n) is 2.54. The van der Waals surface area contributed by atoms with Gasteiger partial charge < -0.3 is 10.3 Å². The van der Waals surface area contributed by atoms with Gasteiger partial charge in [0.1, 0.15) is 0 Å². The second-order valence-corrected chi connectivity index (χ2v) is 7.11. The molecule has 0 aliphatic heterocycles. The van der Waals surface area contributed by atoms with E-state index in [4.69, 9.17) is 17.3 Å². The third-order valence-corrected chi connectivity index (χ3v) is 4.89. The molecule has 2 aromatic carbocycles. The highest BCUT2D eigenvalue weighted by Crippen LogP contribution is 2.27. The van der Waals surface area contributed by atoms with Gasteiger partial charge in [0.25, 0.3) is 0 Å². The highest BCUT2D eigenvalue weighted by atomic mass is 35.5. The van der Waals surface area contributed by atoms with Crippen molar-refractivity contribution in [2.75, 3.05) is 5.75 Å². The number of primary amides is 1. The first-order valence-electron chi connectivity index (χ1n) is 7.95. The van der Waals surface area contributed by atoms with Gasteiger partial charge in [0.2, 0.25) is 5.91 Å². The summed E-state index contributed by atoms with van der Waals surface area (Å²) in [6.45, 7) is 0.661. The molecule has 0 spiro atoms. The number of nitrogens with one attached hydrogen (secondary N) is 1. The molecule has 0 saturated heterocycles. The van der Waals surface area contributed by atoms with E-state index in [0.29, 0.717) is 17.3 Å². The second-order valence-electron chi connectivity index (χ2n) is 5.61. The summed E-state index contributed by atoms with van der Waals surface area (Å²) < 4.78 is 2.09. The molecule has 8 heteroatoms. The van der Waals surface area contributed by atoms with E-state index in [9.17, 15) is 9.59 Å². The van der Waals surface area contributed by atoms with Crippen LogP contribution in [0.1, 0.15) is 12.0 Å². The lowest BCUT2D eigenvalue weighted by Gasteiger charge is -2.09. The van der Waals surface area contributed by atoms with Gasteiger partial charge in [0, 0.05) is 17.2 Å². The molecular formula is C18H17ClN4O2S. The molecule has 0 aliphatic carbocycles. The minimum absolute atomic E-state index is 0.170. The average Bonchev–Trinajstić information content (AvgIpc) is 2.92. The van der Waals surface area contributed by atoms with Crippen LogP contribution in [0.2, 0.25) is 5.02 Å². The van der Waals surface area contributed by atoms with Gasteiger partial charge >= 0.3 is 6.03 Å². The second kappa shape index (κ2) is 8.25. The van der Waals surface area contributed by atoms with Crippen molar-refractivity contribution in [1.29, 1.82) is 0 Å². The SMILES string of the molecule is NC(=O)NC(=O)CCSc1nc2cc(Cl)ccc2n1Cc1ccccc1. The highest BCUT2D eigenvalue weighted by molar-refractivity contribution is 7.99. The number of imide groups is 1. The largest absolute Gasteiger partial charge is 0.351 e. The molecule has 0 atom stereocenters. The van der Waals surface area contributed by atoms with Crippen LogP contribution in [0.4, 0.5) is 4.79 Å². The Morgan fingerprint density at radius 3 is 2.69 bits per heavy atom. The number of imidazole rings is 1. The summed E-state index contributed by atoms with van der Waals surface area (Å²) in [5.74, 6) is 0.0732. The smallest absolute Gasteiger partial charge is 0.318 e. The molecule has 0 unspecified atom stereocenters. The van der Waals surface area contributed by atoms with Gasteiger partial charge in [-0.1, -0.05) is 53.7 Å². The zero-order valence-electron chi connectivity index (χ0n) is 13.8. The quantitative estimate of drug-likeness (QED) is 0.633. The number of amides is 3. The maximum Gasteiger partial charge on any atom is 0.318 e. The summed E-state index contributed by atoms with van der Waals surface area (Å²) >= 11 is 7.53. The summed E-state index contributed by atoms with van der Waals surface area (Å²) in [5, 5.41) is 3.47. The molecule has 1 heterocycles. The van der Waals surface area contributed by atoms with Crippen LogP contribution in [-0.4, -0.2) is 27.2 Å². The molecule has 0 aliphatic rings. The lowest BCUT2D eigenvalue weighted by Crippen LogP contribution is -2.35. The lowest BCUT2D eigenvalue weighted by atomic mass is 10.2. The number of aromatic nitrogens is 2. The van der Waals surface area contributed by atoms with E-state index >= 15 is 0 Å². The molecule has 0 saturated carbocycles. The molecular weight excluding hydrogens is 372 g/mol. The first kappa shape index (κ1) is 18.3. The molecule has 6 nitrogen and oxygen atoms in total. The third-order valence-electron chi connectivity index (χ3n) is 3.68.